The van der Waals surface area contributed by atoms with Crippen LogP contribution >= 0.6 is 0 Å². The minimum Gasteiger partial charge on any atom is -0.354 e. The molecular weight excluding hydrogens is 212 g/mol. The van der Waals surface area contributed by atoms with Crippen molar-refractivity contribution in [3.05, 3.63) is 30.5 Å². The smallest absolute Gasteiger partial charge is 0.147 e. The van der Waals surface area contributed by atoms with Crippen molar-refractivity contribution in [3.8, 4) is 0 Å². The Balaban J connectivity index is 1.94. The van der Waals surface area contributed by atoms with Crippen LogP contribution in [-0.2, 0) is 0 Å². The minimum atomic E-state index is 0.261. The molecule has 3 rings (SSSR count). The quantitative estimate of drug-likeness (QED) is 0.804. The molecule has 4 nitrogen and oxygen atoms in total. The van der Waals surface area contributed by atoms with Crippen LogP contribution in [-0.4, -0.2) is 29.1 Å². The van der Waals surface area contributed by atoms with Crippen LogP contribution in [0.1, 0.15) is 12.8 Å². The topological polar surface area (TPSA) is 55.0 Å². The van der Waals surface area contributed by atoms with Gasteiger partial charge in [-0.2, -0.15) is 0 Å². The van der Waals surface area contributed by atoms with Gasteiger partial charge in [0.2, 0.25) is 0 Å². The molecule has 88 valence electrons. The third kappa shape index (κ3) is 2.08. The molecule has 0 bridgehead atoms. The van der Waals surface area contributed by atoms with E-state index < -0.39 is 0 Å². The second-order valence-electron chi connectivity index (χ2n) is 4.57. The molecule has 1 aromatic heterocycles. The zero-order valence-corrected chi connectivity index (χ0v) is 9.71. The molecule has 1 saturated heterocycles. The number of nitrogens with two attached hydrogens (primary N) is 1. The van der Waals surface area contributed by atoms with Crippen molar-refractivity contribution < 1.29 is 0 Å². The fraction of sp³-hybridized carbons (Fsp3) is 0.385. The van der Waals surface area contributed by atoms with Crippen molar-refractivity contribution in [2.75, 3.05) is 18.0 Å². The summed E-state index contributed by atoms with van der Waals surface area (Å²) in [5.41, 5.74) is 7.88. The van der Waals surface area contributed by atoms with E-state index in [1.54, 1.807) is 0 Å². The van der Waals surface area contributed by atoms with Crippen LogP contribution in [0.4, 0.5) is 5.82 Å². The Morgan fingerprint density at radius 2 is 2.06 bits per heavy atom. The monoisotopic (exact) mass is 228 g/mol. The number of hydrogen-bond donors (Lipinski definition) is 1. The molecule has 2 aromatic rings. The third-order valence-electron chi connectivity index (χ3n) is 3.22. The highest BCUT2D eigenvalue weighted by molar-refractivity contribution is 5.75. The van der Waals surface area contributed by atoms with E-state index in [1.807, 2.05) is 30.5 Å². The standard InChI is InChI=1S/C13H16N4/c14-10-4-3-7-17(9-10)13-8-15-11-5-1-2-6-12(11)16-13/h1-2,5-6,8,10H,3-4,7,9,14H2/t10-/m0/s1. The van der Waals surface area contributed by atoms with Gasteiger partial charge in [-0.1, -0.05) is 12.1 Å². The summed E-state index contributed by atoms with van der Waals surface area (Å²) in [5, 5.41) is 0. The largest absolute Gasteiger partial charge is 0.354 e. The van der Waals surface area contributed by atoms with E-state index in [1.165, 1.54) is 0 Å². The summed E-state index contributed by atoms with van der Waals surface area (Å²) in [4.78, 5) is 11.3. The van der Waals surface area contributed by atoms with Crippen LogP contribution in [0.5, 0.6) is 0 Å². The van der Waals surface area contributed by atoms with Crippen molar-refractivity contribution in [3.63, 3.8) is 0 Å². The maximum Gasteiger partial charge on any atom is 0.147 e. The summed E-state index contributed by atoms with van der Waals surface area (Å²) in [6.45, 7) is 1.91. The van der Waals surface area contributed by atoms with Gasteiger partial charge >= 0.3 is 0 Å². The Morgan fingerprint density at radius 3 is 2.88 bits per heavy atom. The van der Waals surface area contributed by atoms with Gasteiger partial charge < -0.3 is 10.6 Å². The summed E-state index contributed by atoms with van der Waals surface area (Å²) >= 11 is 0. The lowest BCUT2D eigenvalue weighted by Gasteiger charge is -2.31. The van der Waals surface area contributed by atoms with Crippen LogP contribution in [0.25, 0.3) is 11.0 Å². The molecule has 17 heavy (non-hydrogen) atoms. The Hall–Kier alpha value is -1.68. The van der Waals surface area contributed by atoms with Gasteiger partial charge in [0, 0.05) is 19.1 Å². The summed E-state index contributed by atoms with van der Waals surface area (Å²) < 4.78 is 0. The van der Waals surface area contributed by atoms with Gasteiger partial charge in [0.1, 0.15) is 5.82 Å². The lowest BCUT2D eigenvalue weighted by Crippen LogP contribution is -2.43. The number of piperidine rings is 1. The van der Waals surface area contributed by atoms with Crippen LogP contribution in [0.15, 0.2) is 30.5 Å². The van der Waals surface area contributed by atoms with Crippen molar-refractivity contribution >= 4 is 16.9 Å². The van der Waals surface area contributed by atoms with Crippen LogP contribution in [0, 0.1) is 0 Å². The fourth-order valence-corrected chi connectivity index (χ4v) is 2.32. The second-order valence-corrected chi connectivity index (χ2v) is 4.57. The predicted molar refractivity (Wildman–Crippen MR) is 69.0 cm³/mol. The van der Waals surface area contributed by atoms with E-state index in [-0.39, 0.29) is 6.04 Å². The molecule has 0 radical (unpaired) electrons. The van der Waals surface area contributed by atoms with Crippen molar-refractivity contribution in [2.24, 2.45) is 5.73 Å². The summed E-state index contributed by atoms with van der Waals surface area (Å²) in [7, 11) is 0. The molecule has 0 aliphatic carbocycles. The van der Waals surface area contributed by atoms with E-state index in [0.29, 0.717) is 0 Å². The second kappa shape index (κ2) is 4.30. The van der Waals surface area contributed by atoms with Crippen molar-refractivity contribution in [1.82, 2.24) is 9.97 Å². The van der Waals surface area contributed by atoms with Gasteiger partial charge in [-0.05, 0) is 25.0 Å². The van der Waals surface area contributed by atoms with E-state index in [2.05, 4.69) is 14.9 Å². The number of para-hydroxylation sites is 2. The first-order valence-electron chi connectivity index (χ1n) is 6.05. The number of rotatable bonds is 1. The van der Waals surface area contributed by atoms with Crippen molar-refractivity contribution in [2.45, 2.75) is 18.9 Å². The molecule has 0 amide bonds. The molecule has 1 aromatic carbocycles. The molecule has 1 aliphatic heterocycles. The van der Waals surface area contributed by atoms with E-state index >= 15 is 0 Å². The van der Waals surface area contributed by atoms with Gasteiger partial charge in [-0.3, -0.25) is 4.98 Å². The van der Waals surface area contributed by atoms with Crippen LogP contribution in [0.3, 0.4) is 0 Å². The van der Waals surface area contributed by atoms with Gasteiger partial charge in [0.05, 0.1) is 17.2 Å². The maximum atomic E-state index is 5.99. The zero-order chi connectivity index (χ0) is 11.7. The van der Waals surface area contributed by atoms with Gasteiger partial charge in [0.15, 0.2) is 0 Å². The molecule has 1 atom stereocenters. The van der Waals surface area contributed by atoms with Gasteiger partial charge in [0.25, 0.3) is 0 Å². The highest BCUT2D eigenvalue weighted by atomic mass is 15.2. The number of hydrogen-bond acceptors (Lipinski definition) is 4. The summed E-state index contributed by atoms with van der Waals surface area (Å²) in [6.07, 6.45) is 4.09. The first-order valence-corrected chi connectivity index (χ1v) is 6.05. The first-order chi connectivity index (χ1) is 8.33. The number of nitrogens with zero attached hydrogens (tertiary/aromatic N) is 3. The number of benzene rings is 1. The Kier molecular flexibility index (Phi) is 2.65. The molecule has 2 heterocycles. The Bertz CT molecular complexity index is 526. The molecule has 0 saturated carbocycles. The van der Waals surface area contributed by atoms with E-state index in [9.17, 15) is 0 Å². The van der Waals surface area contributed by atoms with Gasteiger partial charge in [-0.25, -0.2) is 4.98 Å². The molecule has 0 spiro atoms. The number of aromatic nitrogens is 2. The first kappa shape index (κ1) is 10.5. The van der Waals surface area contributed by atoms with Crippen LogP contribution < -0.4 is 10.6 Å². The lowest BCUT2D eigenvalue weighted by atomic mass is 10.1. The normalized spacial score (nSPS) is 20.8. The molecule has 0 unspecified atom stereocenters. The molecular formula is C13H16N4. The predicted octanol–water partition coefficient (Wildman–Crippen LogP) is 1.56. The van der Waals surface area contributed by atoms with Crippen LogP contribution in [0.2, 0.25) is 0 Å². The molecule has 1 aliphatic rings. The Morgan fingerprint density at radius 1 is 1.24 bits per heavy atom. The SMILES string of the molecule is N[C@H]1CCCN(c2cnc3ccccc3n2)C1. The number of anilines is 1. The highest BCUT2D eigenvalue weighted by Gasteiger charge is 2.18. The van der Waals surface area contributed by atoms with Crippen molar-refractivity contribution in [1.29, 1.82) is 0 Å². The number of fused-ring (bicyclic) bond motifs is 1. The fourth-order valence-electron chi connectivity index (χ4n) is 2.32. The molecule has 4 heteroatoms. The highest BCUT2D eigenvalue weighted by Crippen LogP contribution is 2.18. The third-order valence-corrected chi connectivity index (χ3v) is 3.22. The van der Waals surface area contributed by atoms with Gasteiger partial charge in [-0.15, -0.1) is 0 Å². The Labute approximate surface area is 100 Å². The summed E-state index contributed by atoms with van der Waals surface area (Å²) in [5.74, 6) is 0.943. The summed E-state index contributed by atoms with van der Waals surface area (Å²) in [6, 6.07) is 8.21. The average molecular weight is 228 g/mol. The average Bonchev–Trinajstić information content (AvgIpc) is 2.38. The minimum absolute atomic E-state index is 0.261. The maximum absolute atomic E-state index is 5.99. The van der Waals surface area contributed by atoms with E-state index in [0.717, 1.165) is 42.8 Å². The lowest BCUT2D eigenvalue weighted by molar-refractivity contribution is 0.503. The zero-order valence-electron chi connectivity index (χ0n) is 9.71. The molecule has 2 N–H and O–H groups in total. The molecule has 1 fully saturated rings. The van der Waals surface area contributed by atoms with E-state index in [4.69, 9.17) is 5.73 Å².